The van der Waals surface area contributed by atoms with Crippen LogP contribution in [0.15, 0.2) is 0 Å². The highest BCUT2D eigenvalue weighted by Crippen LogP contribution is 2.28. The van der Waals surface area contributed by atoms with Gasteiger partial charge >= 0.3 is 0 Å². The molecule has 2 aliphatic rings. The van der Waals surface area contributed by atoms with Gasteiger partial charge in [-0.05, 0) is 38.6 Å². The van der Waals surface area contributed by atoms with E-state index in [9.17, 15) is 0 Å². The standard InChI is InChI=1S/C12H23NO/c1-10-9-12(6-8-14-10)13-7-5-11-3-2-4-11/h10-13H,2-9H2,1H3. The average molecular weight is 197 g/mol. The molecular weight excluding hydrogens is 174 g/mol. The van der Waals surface area contributed by atoms with Gasteiger partial charge in [0.15, 0.2) is 0 Å². The van der Waals surface area contributed by atoms with Gasteiger partial charge in [0.2, 0.25) is 0 Å². The van der Waals surface area contributed by atoms with Crippen LogP contribution in [0.1, 0.15) is 45.4 Å². The third kappa shape index (κ3) is 2.96. The molecule has 2 atom stereocenters. The van der Waals surface area contributed by atoms with Gasteiger partial charge in [0, 0.05) is 12.6 Å². The molecule has 0 spiro atoms. The fourth-order valence-corrected chi connectivity index (χ4v) is 2.46. The van der Waals surface area contributed by atoms with Crippen molar-refractivity contribution in [1.82, 2.24) is 5.32 Å². The zero-order valence-electron chi connectivity index (χ0n) is 9.30. The molecule has 0 aromatic carbocycles. The number of hydrogen-bond donors (Lipinski definition) is 1. The minimum Gasteiger partial charge on any atom is -0.378 e. The Balaban J connectivity index is 1.55. The van der Waals surface area contributed by atoms with Crippen LogP contribution in [0.2, 0.25) is 0 Å². The predicted molar refractivity (Wildman–Crippen MR) is 58.4 cm³/mol. The Kier molecular flexibility index (Phi) is 3.82. The van der Waals surface area contributed by atoms with E-state index in [1.165, 1.54) is 45.1 Å². The van der Waals surface area contributed by atoms with E-state index in [1.807, 2.05) is 0 Å². The van der Waals surface area contributed by atoms with E-state index >= 15 is 0 Å². The lowest BCUT2D eigenvalue weighted by Crippen LogP contribution is -2.39. The van der Waals surface area contributed by atoms with Crippen LogP contribution in [0.3, 0.4) is 0 Å². The van der Waals surface area contributed by atoms with Gasteiger partial charge in [0.25, 0.3) is 0 Å². The maximum absolute atomic E-state index is 5.53. The summed E-state index contributed by atoms with van der Waals surface area (Å²) >= 11 is 0. The van der Waals surface area contributed by atoms with Gasteiger partial charge in [0.05, 0.1) is 6.10 Å². The second kappa shape index (κ2) is 5.13. The van der Waals surface area contributed by atoms with Gasteiger partial charge in [-0.2, -0.15) is 0 Å². The molecule has 2 fully saturated rings. The van der Waals surface area contributed by atoms with E-state index in [0.29, 0.717) is 6.10 Å². The second-order valence-corrected chi connectivity index (χ2v) is 4.94. The van der Waals surface area contributed by atoms with Crippen molar-refractivity contribution >= 4 is 0 Å². The van der Waals surface area contributed by atoms with Crippen molar-refractivity contribution in [2.45, 2.75) is 57.6 Å². The Morgan fingerprint density at radius 1 is 1.29 bits per heavy atom. The van der Waals surface area contributed by atoms with Gasteiger partial charge in [0.1, 0.15) is 0 Å². The van der Waals surface area contributed by atoms with Crippen LogP contribution in [-0.2, 0) is 4.74 Å². The SMILES string of the molecule is CC1CC(NCCC2CCC2)CCO1. The third-order valence-corrected chi connectivity index (χ3v) is 3.70. The Morgan fingerprint density at radius 2 is 2.14 bits per heavy atom. The normalized spacial score (nSPS) is 34.1. The fraction of sp³-hybridized carbons (Fsp3) is 1.00. The molecule has 1 saturated carbocycles. The smallest absolute Gasteiger partial charge is 0.0561 e. The highest BCUT2D eigenvalue weighted by molar-refractivity contribution is 4.76. The lowest BCUT2D eigenvalue weighted by molar-refractivity contribution is 0.0130. The van der Waals surface area contributed by atoms with Gasteiger partial charge in [-0.1, -0.05) is 19.3 Å². The Morgan fingerprint density at radius 3 is 2.79 bits per heavy atom. The summed E-state index contributed by atoms with van der Waals surface area (Å²) in [6.45, 7) is 4.35. The maximum atomic E-state index is 5.53. The highest BCUT2D eigenvalue weighted by Gasteiger charge is 2.20. The molecule has 1 N–H and O–H groups in total. The van der Waals surface area contributed by atoms with Crippen molar-refractivity contribution in [2.24, 2.45) is 5.92 Å². The first-order valence-corrected chi connectivity index (χ1v) is 6.19. The van der Waals surface area contributed by atoms with Crippen molar-refractivity contribution < 1.29 is 4.74 Å². The molecule has 2 unspecified atom stereocenters. The zero-order chi connectivity index (χ0) is 9.80. The minimum atomic E-state index is 0.463. The molecule has 0 amide bonds. The van der Waals surface area contributed by atoms with E-state index in [2.05, 4.69) is 12.2 Å². The molecule has 1 aliphatic carbocycles. The van der Waals surface area contributed by atoms with Crippen LogP contribution < -0.4 is 5.32 Å². The van der Waals surface area contributed by atoms with Crippen LogP contribution >= 0.6 is 0 Å². The van der Waals surface area contributed by atoms with Crippen molar-refractivity contribution in [3.63, 3.8) is 0 Å². The molecule has 1 aliphatic heterocycles. The highest BCUT2D eigenvalue weighted by atomic mass is 16.5. The zero-order valence-corrected chi connectivity index (χ0v) is 9.30. The van der Waals surface area contributed by atoms with Crippen LogP contribution in [0, 0.1) is 5.92 Å². The molecule has 2 nitrogen and oxygen atoms in total. The van der Waals surface area contributed by atoms with Crippen LogP contribution in [0.25, 0.3) is 0 Å². The second-order valence-electron chi connectivity index (χ2n) is 4.94. The molecule has 1 saturated heterocycles. The van der Waals surface area contributed by atoms with Crippen LogP contribution in [0.4, 0.5) is 0 Å². The minimum absolute atomic E-state index is 0.463. The van der Waals surface area contributed by atoms with Crippen molar-refractivity contribution in [3.8, 4) is 0 Å². The summed E-state index contributed by atoms with van der Waals surface area (Å²) in [6.07, 6.45) is 8.69. The molecule has 0 bridgehead atoms. The molecule has 0 aromatic heterocycles. The first-order valence-electron chi connectivity index (χ1n) is 6.19. The van der Waals surface area contributed by atoms with Crippen molar-refractivity contribution in [3.05, 3.63) is 0 Å². The summed E-state index contributed by atoms with van der Waals surface area (Å²) in [7, 11) is 0. The summed E-state index contributed by atoms with van der Waals surface area (Å²) in [5.74, 6) is 1.04. The summed E-state index contributed by atoms with van der Waals surface area (Å²) in [6, 6.07) is 0.721. The van der Waals surface area contributed by atoms with Crippen molar-refractivity contribution in [1.29, 1.82) is 0 Å². The monoisotopic (exact) mass is 197 g/mol. The molecule has 14 heavy (non-hydrogen) atoms. The fourth-order valence-electron chi connectivity index (χ4n) is 2.46. The van der Waals surface area contributed by atoms with E-state index in [0.717, 1.165) is 18.6 Å². The van der Waals surface area contributed by atoms with Gasteiger partial charge in [-0.25, -0.2) is 0 Å². The molecule has 2 rings (SSSR count). The Labute approximate surface area is 87.4 Å². The van der Waals surface area contributed by atoms with Gasteiger partial charge < -0.3 is 10.1 Å². The molecular formula is C12H23NO. The lowest BCUT2D eigenvalue weighted by atomic mass is 9.83. The summed E-state index contributed by atoms with van der Waals surface area (Å²) < 4.78 is 5.53. The average Bonchev–Trinajstić information content (AvgIpc) is 2.09. The van der Waals surface area contributed by atoms with E-state index < -0.39 is 0 Å². The largest absolute Gasteiger partial charge is 0.378 e. The quantitative estimate of drug-likeness (QED) is 0.747. The topological polar surface area (TPSA) is 21.3 Å². The predicted octanol–water partition coefficient (Wildman–Crippen LogP) is 2.33. The van der Waals surface area contributed by atoms with Crippen molar-refractivity contribution in [2.75, 3.05) is 13.2 Å². The Hall–Kier alpha value is -0.0800. The number of rotatable bonds is 4. The van der Waals surface area contributed by atoms with E-state index in [1.54, 1.807) is 0 Å². The first kappa shape index (κ1) is 10.4. The number of ether oxygens (including phenoxy) is 1. The molecule has 2 heteroatoms. The lowest BCUT2D eigenvalue weighted by Gasteiger charge is -2.30. The summed E-state index contributed by atoms with van der Waals surface area (Å²) in [5.41, 5.74) is 0. The van der Waals surface area contributed by atoms with Gasteiger partial charge in [-0.3, -0.25) is 0 Å². The van der Waals surface area contributed by atoms with Crippen LogP contribution in [-0.4, -0.2) is 25.3 Å². The number of hydrogen-bond acceptors (Lipinski definition) is 2. The molecule has 82 valence electrons. The van der Waals surface area contributed by atoms with Gasteiger partial charge in [-0.15, -0.1) is 0 Å². The first-order chi connectivity index (χ1) is 6.84. The molecule has 1 heterocycles. The molecule has 0 radical (unpaired) electrons. The maximum Gasteiger partial charge on any atom is 0.0561 e. The molecule has 0 aromatic rings. The Bertz CT molecular complexity index is 168. The number of nitrogens with one attached hydrogen (secondary N) is 1. The summed E-state index contributed by atoms with van der Waals surface area (Å²) in [5, 5.41) is 3.67. The third-order valence-electron chi connectivity index (χ3n) is 3.70. The van der Waals surface area contributed by atoms with Crippen LogP contribution in [0.5, 0.6) is 0 Å². The van der Waals surface area contributed by atoms with E-state index in [-0.39, 0.29) is 0 Å². The summed E-state index contributed by atoms with van der Waals surface area (Å²) in [4.78, 5) is 0. The van der Waals surface area contributed by atoms with E-state index in [4.69, 9.17) is 4.74 Å².